The highest BCUT2D eigenvalue weighted by molar-refractivity contribution is 9.10. The van der Waals surface area contributed by atoms with Crippen molar-refractivity contribution in [3.05, 3.63) is 125 Å². The van der Waals surface area contributed by atoms with E-state index in [1.54, 1.807) is 0 Å². The molecule has 0 heterocycles. The van der Waals surface area contributed by atoms with E-state index in [0.29, 0.717) is 5.75 Å². The predicted molar refractivity (Wildman–Crippen MR) is 167 cm³/mol. The van der Waals surface area contributed by atoms with Gasteiger partial charge in [-0.25, -0.2) is 12.8 Å². The fourth-order valence-corrected chi connectivity index (χ4v) is 6.20. The van der Waals surface area contributed by atoms with E-state index in [9.17, 15) is 22.4 Å². The minimum absolute atomic E-state index is 0.0386. The number of rotatable bonds is 12. The van der Waals surface area contributed by atoms with Crippen LogP contribution in [0, 0.1) is 5.82 Å². The minimum Gasteiger partial charge on any atom is -0.497 e. The Labute approximate surface area is 259 Å². The smallest absolute Gasteiger partial charge is 0.264 e. The van der Waals surface area contributed by atoms with Crippen LogP contribution in [0.25, 0.3) is 0 Å². The predicted octanol–water partition coefficient (Wildman–Crippen LogP) is 5.18. The largest absolute Gasteiger partial charge is 0.497 e. The Bertz CT molecular complexity index is 1640. The summed E-state index contributed by atoms with van der Waals surface area (Å²) >= 11 is 3.41. The van der Waals surface area contributed by atoms with Crippen LogP contribution in [0.2, 0.25) is 0 Å². The molecule has 0 radical (unpaired) electrons. The van der Waals surface area contributed by atoms with E-state index in [2.05, 4.69) is 21.2 Å². The van der Waals surface area contributed by atoms with Crippen LogP contribution in [-0.2, 0) is 32.6 Å². The van der Waals surface area contributed by atoms with Crippen molar-refractivity contribution >= 4 is 43.5 Å². The summed E-state index contributed by atoms with van der Waals surface area (Å²) in [4.78, 5) is 28.8. The first-order valence-electron chi connectivity index (χ1n) is 13.3. The van der Waals surface area contributed by atoms with Gasteiger partial charge in [-0.05, 0) is 71.8 Å². The molecule has 0 spiro atoms. The molecule has 0 fully saturated rings. The number of methoxy groups -OCH3 is 1. The standard InChI is InChI=1S/C32H31BrFN3O5S/c1-35-32(39)30(20-23-6-4-3-5-7-23)36(21-24-8-10-25(33)11-9-24)31(38)22-37(27-14-12-26(34)13-15-27)43(40,41)29-18-16-28(42-2)17-19-29/h3-19,30H,20-22H2,1-2H3,(H,35,39)/t30-/m1/s1. The van der Waals surface area contributed by atoms with Gasteiger partial charge in [0.2, 0.25) is 11.8 Å². The molecular formula is C32H31BrFN3O5S. The molecule has 224 valence electrons. The fraction of sp³-hybridized carbons (Fsp3) is 0.188. The number of nitrogens with zero attached hydrogens (tertiary/aromatic N) is 2. The lowest BCUT2D eigenvalue weighted by atomic mass is 10.0. The van der Waals surface area contributed by atoms with E-state index >= 15 is 0 Å². The zero-order valence-corrected chi connectivity index (χ0v) is 26.0. The minimum atomic E-state index is -4.31. The second-order valence-electron chi connectivity index (χ2n) is 9.63. The molecule has 0 aliphatic rings. The molecule has 8 nitrogen and oxygen atoms in total. The molecule has 0 saturated carbocycles. The number of hydrogen-bond donors (Lipinski definition) is 1. The first kappa shape index (κ1) is 31.7. The number of anilines is 1. The van der Waals surface area contributed by atoms with Crippen molar-refractivity contribution in [1.82, 2.24) is 10.2 Å². The summed E-state index contributed by atoms with van der Waals surface area (Å²) in [7, 11) is -1.36. The lowest BCUT2D eigenvalue weighted by Gasteiger charge is -2.33. The van der Waals surface area contributed by atoms with Crippen LogP contribution >= 0.6 is 15.9 Å². The summed E-state index contributed by atoms with van der Waals surface area (Å²) in [5.41, 5.74) is 1.66. The number of likely N-dealkylation sites (N-methyl/N-ethyl adjacent to an activating group) is 1. The Morgan fingerprint density at radius 3 is 2.09 bits per heavy atom. The van der Waals surface area contributed by atoms with Gasteiger partial charge >= 0.3 is 0 Å². The third-order valence-electron chi connectivity index (χ3n) is 6.82. The van der Waals surface area contributed by atoms with Gasteiger partial charge in [-0.15, -0.1) is 0 Å². The topological polar surface area (TPSA) is 96.0 Å². The molecule has 4 aromatic rings. The Morgan fingerprint density at radius 1 is 0.884 bits per heavy atom. The maximum Gasteiger partial charge on any atom is 0.264 e. The number of benzene rings is 4. The quantitative estimate of drug-likeness (QED) is 0.225. The molecule has 4 aromatic carbocycles. The van der Waals surface area contributed by atoms with Gasteiger partial charge in [-0.3, -0.25) is 13.9 Å². The molecule has 1 N–H and O–H groups in total. The van der Waals surface area contributed by atoms with E-state index in [1.165, 1.54) is 55.5 Å². The number of halogens is 2. The number of hydrogen-bond acceptors (Lipinski definition) is 5. The maximum absolute atomic E-state index is 14.2. The average Bonchev–Trinajstić information content (AvgIpc) is 3.03. The number of amides is 2. The Kier molecular flexibility index (Phi) is 10.5. The van der Waals surface area contributed by atoms with E-state index in [4.69, 9.17) is 4.74 Å². The fourth-order valence-electron chi connectivity index (χ4n) is 4.52. The first-order chi connectivity index (χ1) is 20.6. The van der Waals surface area contributed by atoms with Crippen LogP contribution in [0.4, 0.5) is 10.1 Å². The summed E-state index contributed by atoms with van der Waals surface area (Å²) in [5, 5.41) is 2.65. The molecule has 0 aliphatic carbocycles. The second kappa shape index (κ2) is 14.3. The van der Waals surface area contributed by atoms with Crippen molar-refractivity contribution in [3.63, 3.8) is 0 Å². The van der Waals surface area contributed by atoms with Gasteiger partial charge in [0.15, 0.2) is 0 Å². The van der Waals surface area contributed by atoms with Gasteiger partial charge in [0, 0.05) is 24.5 Å². The second-order valence-corrected chi connectivity index (χ2v) is 12.4. The van der Waals surface area contributed by atoms with Crippen molar-refractivity contribution in [1.29, 1.82) is 0 Å². The van der Waals surface area contributed by atoms with Crippen molar-refractivity contribution in [2.75, 3.05) is 25.0 Å². The molecule has 0 bridgehead atoms. The monoisotopic (exact) mass is 667 g/mol. The number of carbonyl (C=O) groups is 2. The van der Waals surface area contributed by atoms with Crippen LogP contribution < -0.4 is 14.4 Å². The molecule has 11 heteroatoms. The van der Waals surface area contributed by atoms with Gasteiger partial charge in [-0.2, -0.15) is 0 Å². The summed E-state index contributed by atoms with van der Waals surface area (Å²) in [6, 6.07) is 26.2. The van der Waals surface area contributed by atoms with E-state index in [1.807, 2.05) is 54.6 Å². The van der Waals surface area contributed by atoms with Gasteiger partial charge in [0.25, 0.3) is 10.0 Å². The number of sulfonamides is 1. The van der Waals surface area contributed by atoms with Crippen molar-refractivity contribution < 1.29 is 27.1 Å². The van der Waals surface area contributed by atoms with E-state index in [-0.39, 0.29) is 23.5 Å². The summed E-state index contributed by atoms with van der Waals surface area (Å²) in [6.45, 7) is -0.602. The molecule has 2 amide bonds. The van der Waals surface area contributed by atoms with Gasteiger partial charge in [0.05, 0.1) is 17.7 Å². The summed E-state index contributed by atoms with van der Waals surface area (Å²) in [6.07, 6.45) is 0.199. The molecule has 0 aliphatic heterocycles. The zero-order valence-electron chi connectivity index (χ0n) is 23.6. The van der Waals surface area contributed by atoms with Crippen LogP contribution in [0.1, 0.15) is 11.1 Å². The van der Waals surface area contributed by atoms with Crippen molar-refractivity contribution in [3.8, 4) is 5.75 Å². The lowest BCUT2D eigenvalue weighted by Crippen LogP contribution is -2.53. The van der Waals surface area contributed by atoms with Crippen LogP contribution in [0.3, 0.4) is 0 Å². The Morgan fingerprint density at radius 2 is 1.51 bits per heavy atom. The van der Waals surface area contributed by atoms with E-state index in [0.717, 1.165) is 32.0 Å². The Hall–Kier alpha value is -4.22. The molecule has 0 saturated heterocycles. The summed E-state index contributed by atoms with van der Waals surface area (Å²) < 4.78 is 48.7. The van der Waals surface area contributed by atoms with E-state index < -0.39 is 40.2 Å². The van der Waals surface area contributed by atoms with Gasteiger partial charge in [0.1, 0.15) is 24.2 Å². The molecule has 0 unspecified atom stereocenters. The van der Waals surface area contributed by atoms with Crippen molar-refractivity contribution in [2.24, 2.45) is 0 Å². The highest BCUT2D eigenvalue weighted by Gasteiger charge is 2.34. The molecule has 1 atom stereocenters. The molecule has 43 heavy (non-hydrogen) atoms. The number of carbonyl (C=O) groups excluding carboxylic acids is 2. The van der Waals surface area contributed by atoms with Crippen LogP contribution in [-0.4, -0.2) is 51.9 Å². The first-order valence-corrected chi connectivity index (χ1v) is 15.6. The normalized spacial score (nSPS) is 11.8. The maximum atomic E-state index is 14.2. The molecule has 0 aromatic heterocycles. The van der Waals surface area contributed by atoms with Gasteiger partial charge < -0.3 is 15.0 Å². The van der Waals surface area contributed by atoms with Crippen LogP contribution in [0.5, 0.6) is 5.75 Å². The highest BCUT2D eigenvalue weighted by atomic mass is 79.9. The highest BCUT2D eigenvalue weighted by Crippen LogP contribution is 2.27. The summed E-state index contributed by atoms with van der Waals surface area (Å²) in [5.74, 6) is -1.12. The average molecular weight is 669 g/mol. The zero-order chi connectivity index (χ0) is 31.0. The number of ether oxygens (including phenoxy) is 1. The third kappa shape index (κ3) is 7.99. The SMILES string of the molecule is CNC(=O)[C@@H](Cc1ccccc1)N(Cc1ccc(Br)cc1)C(=O)CN(c1ccc(F)cc1)S(=O)(=O)c1ccc(OC)cc1. The van der Waals surface area contributed by atoms with Crippen LogP contribution in [0.15, 0.2) is 112 Å². The van der Waals surface area contributed by atoms with Gasteiger partial charge in [-0.1, -0.05) is 58.4 Å². The Balaban J connectivity index is 1.77. The number of nitrogens with one attached hydrogen (secondary N) is 1. The third-order valence-corrected chi connectivity index (χ3v) is 9.14. The lowest BCUT2D eigenvalue weighted by molar-refractivity contribution is -0.139. The molecular weight excluding hydrogens is 637 g/mol. The molecule has 4 rings (SSSR count). The van der Waals surface area contributed by atoms with Crippen molar-refractivity contribution in [2.45, 2.75) is 23.9 Å².